The van der Waals surface area contributed by atoms with E-state index in [4.69, 9.17) is 20.0 Å². The van der Waals surface area contributed by atoms with Crippen molar-refractivity contribution >= 4 is 67.6 Å². The van der Waals surface area contributed by atoms with Crippen molar-refractivity contribution in [2.75, 3.05) is 51.9 Å². The summed E-state index contributed by atoms with van der Waals surface area (Å²) in [6.45, 7) is 5.89. The number of phosphoric acid groups is 1. The van der Waals surface area contributed by atoms with Crippen LogP contribution < -0.4 is 21.7 Å². The maximum absolute atomic E-state index is 14.3. The standard InChI is InChI=1S/C46H71N8O15PS/c1-29(2)19-38(41(57)21-33(20-34-24-48-28-50-34)44(60)53-39(26-55)42(58)23-36(30(3)56)31(4)69-70(63,64)65)52-46(62)40-22-35(68-51-13-8-11-32-9-6-5-7-10-32)25-54(40)43(59)12-15-66-17-18-67-16-14-49-45(61)37(47)27-71/h5-7,9-10,13,24,28-29,31,33,35-40,55,71H,8,11-12,14-23,25-27,47H2,1-4H3,(H,48,50)(H,49,61)(H,52,62)(H,53,60)(H2,63,64,65)/b51-13-/t31?,33-,35+,36-,37+,38+,39+,40+/m1/s1. The summed E-state index contributed by atoms with van der Waals surface area (Å²) in [5, 5.41) is 22.2. The highest BCUT2D eigenvalue weighted by Crippen LogP contribution is 2.39. The molecule has 1 saturated heterocycles. The number of nitrogens with zero attached hydrogens (tertiary/aromatic N) is 3. The summed E-state index contributed by atoms with van der Waals surface area (Å²) in [5.74, 6) is -6.64. The van der Waals surface area contributed by atoms with Crippen LogP contribution >= 0.6 is 20.5 Å². The summed E-state index contributed by atoms with van der Waals surface area (Å²) in [6.07, 6.45) is 2.60. The molecule has 1 aliphatic heterocycles. The lowest BCUT2D eigenvalue weighted by molar-refractivity contribution is -0.140. The van der Waals surface area contributed by atoms with Gasteiger partial charge in [-0.25, -0.2) is 9.55 Å². The molecule has 1 fully saturated rings. The smallest absolute Gasteiger partial charge is 0.394 e. The average Bonchev–Trinajstić information content (AvgIpc) is 4.01. The number of aliphatic hydroxyl groups is 1. The molecule has 0 bridgehead atoms. The number of aliphatic hydroxyl groups excluding tert-OH is 1. The number of phosphoric ester groups is 1. The Labute approximate surface area is 419 Å². The molecule has 396 valence electrons. The second-order valence-electron chi connectivity index (χ2n) is 17.7. The Kier molecular flexibility index (Phi) is 26.8. The number of imidazole rings is 1. The minimum atomic E-state index is -5.04. The zero-order chi connectivity index (χ0) is 52.5. The maximum atomic E-state index is 14.3. The van der Waals surface area contributed by atoms with E-state index in [1.54, 1.807) is 6.21 Å². The van der Waals surface area contributed by atoms with E-state index in [0.717, 1.165) is 18.9 Å². The summed E-state index contributed by atoms with van der Waals surface area (Å²) >= 11 is 4.00. The topological polar surface area (TPSA) is 341 Å². The van der Waals surface area contributed by atoms with E-state index in [-0.39, 0.29) is 82.8 Å². The number of carbonyl (C=O) groups excluding carboxylic acids is 7. The van der Waals surface area contributed by atoms with E-state index < -0.39 is 111 Å². The van der Waals surface area contributed by atoms with Crippen LogP contribution in [0.2, 0.25) is 0 Å². The number of thiol groups is 1. The molecule has 0 radical (unpaired) electrons. The van der Waals surface area contributed by atoms with Gasteiger partial charge in [0.2, 0.25) is 23.6 Å². The first kappa shape index (κ1) is 60.4. The van der Waals surface area contributed by atoms with Gasteiger partial charge in [-0.05, 0) is 44.6 Å². The third kappa shape index (κ3) is 22.6. The number of likely N-dealkylation sites (tertiary alicyclic amines) is 1. The lowest BCUT2D eigenvalue weighted by Gasteiger charge is -2.28. The molecule has 0 aliphatic carbocycles. The van der Waals surface area contributed by atoms with Gasteiger partial charge in [0, 0.05) is 56.1 Å². The van der Waals surface area contributed by atoms with Crippen molar-refractivity contribution in [1.29, 1.82) is 0 Å². The van der Waals surface area contributed by atoms with Crippen molar-refractivity contribution < 1.29 is 71.9 Å². The molecular formula is C46H71N8O15PS. The van der Waals surface area contributed by atoms with Crippen LogP contribution in [-0.2, 0) is 69.8 Å². The van der Waals surface area contributed by atoms with E-state index in [0.29, 0.717) is 12.1 Å². The summed E-state index contributed by atoms with van der Waals surface area (Å²) < 4.78 is 27.2. The molecule has 2 heterocycles. The van der Waals surface area contributed by atoms with Crippen molar-refractivity contribution in [3.8, 4) is 0 Å². The molecule has 71 heavy (non-hydrogen) atoms. The lowest BCUT2D eigenvalue weighted by Crippen LogP contribution is -2.52. The van der Waals surface area contributed by atoms with Gasteiger partial charge in [-0.1, -0.05) is 49.3 Å². The number of Topliss-reactive ketones (excluding diaryl/α,β-unsaturated/α-hetero) is 3. The molecule has 4 amide bonds. The SMILES string of the molecule is CC(=O)[C@@H](CC(=O)[C@H](CO)NC(=O)[C@@H](CC(=O)[C@H](CC(C)C)NC(=O)[C@@H]1C[C@H](O/N=C\CCc2ccccc2)CN1C(=O)CCOCCOCCNC(=O)[C@@H](N)CS)Cc1cnc[nH]1)C(C)OP(=O)(O)O. The molecule has 0 saturated carbocycles. The quantitative estimate of drug-likeness (QED) is 0.0150. The molecule has 1 aliphatic rings. The number of aryl methyl sites for hydroxylation is 1. The van der Waals surface area contributed by atoms with E-state index in [1.807, 2.05) is 44.2 Å². The third-order valence-electron chi connectivity index (χ3n) is 11.4. The number of benzene rings is 1. The largest absolute Gasteiger partial charge is 0.469 e. The number of nitrogens with two attached hydrogens (primary N) is 1. The Bertz CT molecular complexity index is 2080. The van der Waals surface area contributed by atoms with E-state index in [1.165, 1.54) is 24.3 Å². The summed E-state index contributed by atoms with van der Waals surface area (Å²) in [4.78, 5) is 126. The zero-order valence-corrected chi connectivity index (χ0v) is 42.5. The van der Waals surface area contributed by atoms with Crippen LogP contribution in [0.15, 0.2) is 48.0 Å². The van der Waals surface area contributed by atoms with Crippen LogP contribution in [0, 0.1) is 17.8 Å². The Morgan fingerprint density at radius 3 is 2.30 bits per heavy atom. The minimum Gasteiger partial charge on any atom is -0.394 e. The van der Waals surface area contributed by atoms with E-state index in [9.17, 15) is 53.0 Å². The molecule has 0 spiro atoms. The van der Waals surface area contributed by atoms with Crippen LogP contribution in [0.4, 0.5) is 0 Å². The van der Waals surface area contributed by atoms with Crippen LogP contribution in [0.3, 0.4) is 0 Å². The molecule has 1 aromatic heterocycles. The number of aromatic nitrogens is 2. The first-order chi connectivity index (χ1) is 33.7. The molecule has 9 N–H and O–H groups in total. The molecule has 25 heteroatoms. The summed E-state index contributed by atoms with van der Waals surface area (Å²) in [7, 11) is -5.04. The van der Waals surface area contributed by atoms with Gasteiger partial charge in [0.05, 0.1) is 82.4 Å². The fraction of sp³-hybridized carbons (Fsp3) is 0.630. The van der Waals surface area contributed by atoms with Gasteiger partial charge in [0.1, 0.15) is 24.0 Å². The maximum Gasteiger partial charge on any atom is 0.469 e. The number of hydrogen-bond donors (Lipinski definition) is 9. The molecule has 23 nitrogen and oxygen atoms in total. The molecular weight excluding hydrogens is 968 g/mol. The number of ketones is 3. The number of rotatable bonds is 35. The average molecular weight is 1040 g/mol. The second-order valence-corrected chi connectivity index (χ2v) is 19.2. The monoisotopic (exact) mass is 1040 g/mol. The van der Waals surface area contributed by atoms with Gasteiger partial charge < -0.3 is 60.8 Å². The number of ether oxygens (including phenoxy) is 2. The molecule has 3 rings (SSSR count). The Hall–Kier alpha value is -4.91. The lowest BCUT2D eigenvalue weighted by atomic mass is 9.89. The molecule has 1 unspecified atom stereocenters. The van der Waals surface area contributed by atoms with Crippen molar-refractivity contribution in [3.63, 3.8) is 0 Å². The number of H-pyrrole nitrogens is 1. The van der Waals surface area contributed by atoms with Crippen molar-refractivity contribution in [1.82, 2.24) is 30.8 Å². The number of amides is 4. The van der Waals surface area contributed by atoms with Gasteiger partial charge in [-0.2, -0.15) is 12.6 Å². The van der Waals surface area contributed by atoms with Gasteiger partial charge in [0.15, 0.2) is 11.6 Å². The fourth-order valence-electron chi connectivity index (χ4n) is 7.66. The van der Waals surface area contributed by atoms with E-state index >= 15 is 0 Å². The van der Waals surface area contributed by atoms with Crippen LogP contribution in [0.25, 0.3) is 0 Å². The van der Waals surface area contributed by atoms with Crippen molar-refractivity contribution in [2.45, 2.75) is 115 Å². The first-order valence-corrected chi connectivity index (χ1v) is 25.7. The number of aromatic amines is 1. The second kappa shape index (κ2) is 31.5. The number of carbonyl (C=O) groups is 7. The van der Waals surface area contributed by atoms with Crippen LogP contribution in [0.1, 0.15) is 77.5 Å². The predicted molar refractivity (Wildman–Crippen MR) is 262 cm³/mol. The zero-order valence-electron chi connectivity index (χ0n) is 40.7. The minimum absolute atomic E-state index is 0.00215. The Morgan fingerprint density at radius 2 is 1.68 bits per heavy atom. The fourth-order valence-corrected chi connectivity index (χ4v) is 8.41. The predicted octanol–water partition coefficient (Wildman–Crippen LogP) is 0.599. The van der Waals surface area contributed by atoms with Crippen LogP contribution in [0.5, 0.6) is 0 Å². The normalized spacial score (nSPS) is 17.5. The van der Waals surface area contributed by atoms with Gasteiger partial charge in [0.25, 0.3) is 0 Å². The first-order valence-electron chi connectivity index (χ1n) is 23.5. The van der Waals surface area contributed by atoms with Gasteiger partial charge in [-0.3, -0.25) is 38.1 Å². The summed E-state index contributed by atoms with van der Waals surface area (Å²) in [5.41, 5.74) is 7.20. The Balaban J connectivity index is 1.73. The highest BCUT2D eigenvalue weighted by Gasteiger charge is 2.42. The van der Waals surface area contributed by atoms with Gasteiger partial charge >= 0.3 is 7.82 Å². The number of hydrogen-bond acceptors (Lipinski definition) is 17. The summed E-state index contributed by atoms with van der Waals surface area (Å²) in [6, 6.07) is 5.30. The highest BCUT2D eigenvalue weighted by atomic mass is 32.1. The van der Waals surface area contributed by atoms with Crippen LogP contribution in [-0.4, -0.2) is 165 Å². The van der Waals surface area contributed by atoms with Gasteiger partial charge in [-0.15, -0.1) is 0 Å². The third-order valence-corrected chi connectivity index (χ3v) is 12.4. The number of nitrogens with one attached hydrogen (secondary N) is 4. The molecule has 2 aromatic rings. The van der Waals surface area contributed by atoms with Crippen molar-refractivity contribution in [3.05, 3.63) is 54.1 Å². The highest BCUT2D eigenvalue weighted by molar-refractivity contribution is 7.80. The number of oxime groups is 1. The molecule has 8 atom stereocenters. The van der Waals surface area contributed by atoms with Crippen molar-refractivity contribution in [2.24, 2.45) is 28.6 Å². The Morgan fingerprint density at radius 1 is 0.986 bits per heavy atom. The molecule has 1 aromatic carbocycles. The van der Waals surface area contributed by atoms with E-state index in [2.05, 4.69) is 48.2 Å².